The Morgan fingerprint density at radius 2 is 0.867 bits per heavy atom. The molecule has 0 bridgehead atoms. The molecule has 0 amide bonds. The van der Waals surface area contributed by atoms with Crippen LogP contribution in [0.2, 0.25) is 0 Å². The molecule has 4 rings (SSSR count). The average molecular weight is 407 g/mol. The molecule has 0 saturated carbocycles. The highest BCUT2D eigenvalue weighted by atomic mass is 16.7. The summed E-state index contributed by atoms with van der Waals surface area (Å²) < 4.78 is 0. The van der Waals surface area contributed by atoms with Crippen LogP contribution in [0, 0.1) is 0 Å². The molecule has 4 heteroatoms. The maximum atomic E-state index is 6.01. The van der Waals surface area contributed by atoms with Gasteiger partial charge in [0.15, 0.2) is 0 Å². The average Bonchev–Trinajstić information content (AvgIpc) is 2.80. The molecule has 30 heavy (non-hydrogen) atoms. The molecule has 4 nitrogen and oxygen atoms in total. The molecule has 2 aliphatic heterocycles. The fraction of sp³-hybridized carbons (Fsp3) is 0.462. The van der Waals surface area contributed by atoms with E-state index >= 15 is 0 Å². The van der Waals surface area contributed by atoms with E-state index in [1.165, 1.54) is 60.8 Å². The molecule has 0 atom stereocenters. The van der Waals surface area contributed by atoms with Gasteiger partial charge in [0.05, 0.1) is 0 Å². The summed E-state index contributed by atoms with van der Waals surface area (Å²) in [6.45, 7) is 8.48. The lowest BCUT2D eigenvalue weighted by Crippen LogP contribution is -2.32. The third kappa shape index (κ3) is 5.44. The molecule has 0 unspecified atom stereocenters. The third-order valence-corrected chi connectivity index (χ3v) is 6.24. The van der Waals surface area contributed by atoms with Gasteiger partial charge in [-0.25, -0.2) is 0 Å². The molecule has 0 spiro atoms. The molecule has 0 radical (unpaired) electrons. The second kappa shape index (κ2) is 10.1. The number of piperidine rings is 2. The summed E-state index contributed by atoms with van der Waals surface area (Å²) >= 11 is 0. The van der Waals surface area contributed by atoms with Crippen LogP contribution < -0.4 is 9.68 Å². The quantitative estimate of drug-likeness (QED) is 0.534. The van der Waals surface area contributed by atoms with Gasteiger partial charge in [-0.15, -0.1) is 10.1 Å². The van der Waals surface area contributed by atoms with Gasteiger partial charge in [-0.05, 0) is 86.1 Å². The molecule has 2 heterocycles. The maximum absolute atomic E-state index is 6.01. The number of rotatable bonds is 6. The first kappa shape index (κ1) is 21.0. The van der Waals surface area contributed by atoms with Crippen molar-refractivity contribution in [2.24, 2.45) is 0 Å². The Kier molecular flexibility index (Phi) is 7.08. The van der Waals surface area contributed by atoms with Gasteiger partial charge in [0.1, 0.15) is 11.5 Å². The minimum absolute atomic E-state index is 0.922. The highest BCUT2D eigenvalue weighted by Gasteiger charge is 2.13. The maximum Gasteiger partial charge on any atom is 0.147 e. The summed E-state index contributed by atoms with van der Waals surface area (Å²) in [5, 5.41) is 4.17. The normalized spacial score (nSPS) is 19.3. The van der Waals surface area contributed by atoms with Crippen LogP contribution in [-0.2, 0) is 0 Å². The van der Waals surface area contributed by atoms with Crippen LogP contribution in [0.25, 0.3) is 11.1 Å². The molecule has 2 aromatic carbocycles. The van der Waals surface area contributed by atoms with Crippen molar-refractivity contribution in [1.82, 2.24) is 10.1 Å². The van der Waals surface area contributed by atoms with Crippen LogP contribution in [-0.4, -0.2) is 36.3 Å². The van der Waals surface area contributed by atoms with E-state index in [9.17, 15) is 0 Å². The van der Waals surface area contributed by atoms with E-state index in [2.05, 4.69) is 72.5 Å². The van der Waals surface area contributed by atoms with Gasteiger partial charge >= 0.3 is 0 Å². The van der Waals surface area contributed by atoms with Crippen molar-refractivity contribution in [1.29, 1.82) is 0 Å². The second-order valence-electron chi connectivity index (χ2n) is 8.46. The van der Waals surface area contributed by atoms with Crippen LogP contribution >= 0.6 is 0 Å². The van der Waals surface area contributed by atoms with Crippen molar-refractivity contribution in [2.45, 2.75) is 52.4 Å². The van der Waals surface area contributed by atoms with Gasteiger partial charge in [0, 0.05) is 26.2 Å². The van der Waals surface area contributed by atoms with E-state index in [-0.39, 0.29) is 0 Å². The first-order valence-corrected chi connectivity index (χ1v) is 11.4. The lowest BCUT2D eigenvalue weighted by atomic mass is 9.97. The molecular formula is C26H34N2O2. The Labute approximate surface area is 181 Å². The fourth-order valence-corrected chi connectivity index (χ4v) is 4.18. The van der Waals surface area contributed by atoms with Gasteiger partial charge in [0.2, 0.25) is 0 Å². The van der Waals surface area contributed by atoms with E-state index in [1.807, 2.05) is 0 Å². The Bertz CT molecular complexity index is 759. The lowest BCUT2D eigenvalue weighted by Gasteiger charge is -2.26. The van der Waals surface area contributed by atoms with E-state index in [0.29, 0.717) is 0 Å². The predicted molar refractivity (Wildman–Crippen MR) is 123 cm³/mol. The summed E-state index contributed by atoms with van der Waals surface area (Å²) in [5.74, 6) is 1.84. The van der Waals surface area contributed by atoms with E-state index in [4.69, 9.17) is 9.68 Å². The molecular weight excluding hydrogens is 372 g/mol. The Morgan fingerprint density at radius 1 is 0.533 bits per heavy atom. The highest BCUT2D eigenvalue weighted by molar-refractivity contribution is 5.89. The number of hydrogen-bond acceptors (Lipinski definition) is 4. The van der Waals surface area contributed by atoms with Crippen molar-refractivity contribution in [3.8, 4) is 11.5 Å². The third-order valence-electron chi connectivity index (χ3n) is 6.24. The minimum atomic E-state index is 0.922. The number of nitrogens with zero attached hydrogens (tertiary/aromatic N) is 2. The SMILES string of the molecule is C/C(=C(/C)c1ccc(ON2CCCCC2)cc1)c1ccc(ON2CCCCC2)cc1. The van der Waals surface area contributed by atoms with E-state index in [1.54, 1.807) is 0 Å². The van der Waals surface area contributed by atoms with Crippen LogP contribution in [0.1, 0.15) is 63.5 Å². The Balaban J connectivity index is 1.40. The van der Waals surface area contributed by atoms with Crippen molar-refractivity contribution in [2.75, 3.05) is 26.2 Å². The minimum Gasteiger partial charge on any atom is -0.406 e. The van der Waals surface area contributed by atoms with Gasteiger partial charge in [-0.3, -0.25) is 0 Å². The topological polar surface area (TPSA) is 24.9 Å². The first-order valence-electron chi connectivity index (χ1n) is 11.4. The standard InChI is InChI=1S/C26H34N2O2/c1-21(23-9-13-25(14-10-23)29-27-17-5-3-6-18-27)22(2)24-11-15-26(16-12-24)30-28-19-7-4-8-20-28/h9-16H,3-8,17-20H2,1-2H3/b22-21+. The monoisotopic (exact) mass is 406 g/mol. The zero-order chi connectivity index (χ0) is 20.8. The zero-order valence-corrected chi connectivity index (χ0v) is 18.4. The summed E-state index contributed by atoms with van der Waals surface area (Å²) in [7, 11) is 0. The van der Waals surface area contributed by atoms with Gasteiger partial charge in [-0.1, -0.05) is 37.1 Å². The number of hydroxylamine groups is 4. The van der Waals surface area contributed by atoms with Crippen LogP contribution in [0.4, 0.5) is 0 Å². The molecule has 2 fully saturated rings. The van der Waals surface area contributed by atoms with Crippen molar-refractivity contribution in [3.63, 3.8) is 0 Å². The summed E-state index contributed by atoms with van der Waals surface area (Å²) in [6, 6.07) is 17.0. The smallest absolute Gasteiger partial charge is 0.147 e. The Morgan fingerprint density at radius 3 is 1.20 bits per heavy atom. The first-order chi connectivity index (χ1) is 14.7. The molecule has 0 N–H and O–H groups in total. The van der Waals surface area contributed by atoms with Gasteiger partial charge < -0.3 is 9.68 Å². The summed E-state index contributed by atoms with van der Waals surface area (Å²) in [6.07, 6.45) is 7.52. The molecule has 2 aromatic rings. The number of benzene rings is 2. The van der Waals surface area contributed by atoms with Crippen LogP contribution in [0.15, 0.2) is 48.5 Å². The van der Waals surface area contributed by atoms with E-state index < -0.39 is 0 Å². The molecule has 160 valence electrons. The predicted octanol–water partition coefficient (Wildman–Crippen LogP) is 6.20. The molecule has 0 aliphatic carbocycles. The number of hydrogen-bond donors (Lipinski definition) is 0. The largest absolute Gasteiger partial charge is 0.406 e. The van der Waals surface area contributed by atoms with Crippen molar-refractivity contribution >= 4 is 11.1 Å². The zero-order valence-electron chi connectivity index (χ0n) is 18.4. The highest BCUT2D eigenvalue weighted by Crippen LogP contribution is 2.28. The second-order valence-corrected chi connectivity index (χ2v) is 8.46. The summed E-state index contributed by atoms with van der Waals surface area (Å²) in [4.78, 5) is 12.0. The molecule has 2 aliphatic rings. The Hall–Kier alpha value is -2.30. The fourth-order valence-electron chi connectivity index (χ4n) is 4.18. The molecule has 2 saturated heterocycles. The lowest BCUT2D eigenvalue weighted by molar-refractivity contribution is -0.0720. The molecule has 0 aromatic heterocycles. The van der Waals surface area contributed by atoms with Crippen molar-refractivity contribution < 1.29 is 9.68 Å². The van der Waals surface area contributed by atoms with Crippen molar-refractivity contribution in [3.05, 3.63) is 59.7 Å². The number of allylic oxidation sites excluding steroid dienone is 2. The van der Waals surface area contributed by atoms with Gasteiger partial charge in [-0.2, -0.15) is 0 Å². The van der Waals surface area contributed by atoms with Gasteiger partial charge in [0.25, 0.3) is 0 Å². The van der Waals surface area contributed by atoms with Crippen LogP contribution in [0.3, 0.4) is 0 Å². The summed E-state index contributed by atoms with van der Waals surface area (Å²) in [5.41, 5.74) is 5.02. The van der Waals surface area contributed by atoms with E-state index in [0.717, 1.165) is 37.7 Å². The van der Waals surface area contributed by atoms with Crippen LogP contribution in [0.5, 0.6) is 11.5 Å².